The Hall–Kier alpha value is -2.38. The molecule has 0 saturated carbocycles. The second-order valence-corrected chi connectivity index (χ2v) is 8.95. The summed E-state index contributed by atoms with van der Waals surface area (Å²) in [5.74, 6) is -0.231. The molecule has 2 aromatic carbocycles. The van der Waals surface area contributed by atoms with E-state index >= 15 is 0 Å². The molecule has 0 aliphatic carbocycles. The number of nitrogen functional groups attached to an aromatic ring is 1. The van der Waals surface area contributed by atoms with Gasteiger partial charge in [-0.3, -0.25) is 4.79 Å². The van der Waals surface area contributed by atoms with Crippen molar-refractivity contribution in [1.82, 2.24) is 4.72 Å². The van der Waals surface area contributed by atoms with E-state index in [2.05, 4.69) is 10.0 Å². The standard InChI is InChI=1S/C19H25N3O3S/c1-13-5-10-16(12-17(13)26(24,25)22-19(2,3)4)21-18(23)11-14-6-8-15(20)9-7-14/h5-10,12,22H,11,20H2,1-4H3,(H,21,23). The van der Waals surface area contributed by atoms with Crippen LogP contribution in [0.15, 0.2) is 47.4 Å². The van der Waals surface area contributed by atoms with Crippen molar-refractivity contribution in [2.24, 2.45) is 0 Å². The molecule has 7 heteroatoms. The molecule has 0 unspecified atom stereocenters. The minimum Gasteiger partial charge on any atom is -0.399 e. The van der Waals surface area contributed by atoms with Gasteiger partial charge in [-0.15, -0.1) is 0 Å². The minimum absolute atomic E-state index is 0.151. The second-order valence-electron chi connectivity index (χ2n) is 7.30. The predicted molar refractivity (Wildman–Crippen MR) is 104 cm³/mol. The highest BCUT2D eigenvalue weighted by Gasteiger charge is 2.24. The first kappa shape index (κ1) is 19.9. The molecule has 0 saturated heterocycles. The van der Waals surface area contributed by atoms with Crippen LogP contribution in [-0.4, -0.2) is 19.9 Å². The summed E-state index contributed by atoms with van der Waals surface area (Å²) < 4.78 is 27.8. The molecule has 0 aliphatic rings. The largest absolute Gasteiger partial charge is 0.399 e. The Kier molecular flexibility index (Phi) is 5.73. The van der Waals surface area contributed by atoms with Crippen LogP contribution in [0.4, 0.5) is 11.4 Å². The van der Waals surface area contributed by atoms with Gasteiger partial charge in [0.25, 0.3) is 0 Å². The number of carbonyl (C=O) groups excluding carboxylic acids is 1. The van der Waals surface area contributed by atoms with Crippen LogP contribution in [-0.2, 0) is 21.2 Å². The highest BCUT2D eigenvalue weighted by molar-refractivity contribution is 7.89. The molecule has 26 heavy (non-hydrogen) atoms. The van der Waals surface area contributed by atoms with Crippen LogP contribution >= 0.6 is 0 Å². The molecule has 4 N–H and O–H groups in total. The van der Waals surface area contributed by atoms with E-state index in [1.165, 1.54) is 6.07 Å². The van der Waals surface area contributed by atoms with Crippen molar-refractivity contribution in [2.75, 3.05) is 11.1 Å². The van der Waals surface area contributed by atoms with Gasteiger partial charge in [0.05, 0.1) is 11.3 Å². The topological polar surface area (TPSA) is 101 Å². The van der Waals surface area contributed by atoms with Crippen LogP contribution in [0.1, 0.15) is 31.9 Å². The van der Waals surface area contributed by atoms with Gasteiger partial charge in [-0.05, 0) is 63.1 Å². The van der Waals surface area contributed by atoms with E-state index in [0.29, 0.717) is 16.9 Å². The van der Waals surface area contributed by atoms with Crippen LogP contribution < -0.4 is 15.8 Å². The van der Waals surface area contributed by atoms with Crippen LogP contribution in [0.5, 0.6) is 0 Å². The SMILES string of the molecule is Cc1ccc(NC(=O)Cc2ccc(N)cc2)cc1S(=O)(=O)NC(C)(C)C. The summed E-state index contributed by atoms with van der Waals surface area (Å²) in [4.78, 5) is 12.4. The van der Waals surface area contributed by atoms with Gasteiger partial charge in [-0.1, -0.05) is 18.2 Å². The van der Waals surface area contributed by atoms with Crippen molar-refractivity contribution in [2.45, 2.75) is 44.6 Å². The molecule has 0 aliphatic heterocycles. The fourth-order valence-electron chi connectivity index (χ4n) is 2.45. The van der Waals surface area contributed by atoms with Gasteiger partial charge in [-0.2, -0.15) is 0 Å². The summed E-state index contributed by atoms with van der Waals surface area (Å²) in [6.07, 6.45) is 0.177. The smallest absolute Gasteiger partial charge is 0.241 e. The summed E-state index contributed by atoms with van der Waals surface area (Å²) in [6, 6.07) is 11.9. The Bertz CT molecular complexity index is 899. The molecule has 0 bridgehead atoms. The third kappa shape index (κ3) is 5.57. The van der Waals surface area contributed by atoms with Gasteiger partial charge >= 0.3 is 0 Å². The average molecular weight is 375 g/mol. The molecule has 1 amide bonds. The Morgan fingerprint density at radius 3 is 2.27 bits per heavy atom. The second kappa shape index (κ2) is 7.47. The molecule has 0 heterocycles. The molecule has 0 fully saturated rings. The van der Waals surface area contributed by atoms with Crippen LogP contribution in [0, 0.1) is 6.92 Å². The maximum atomic E-state index is 12.6. The zero-order valence-corrected chi connectivity index (χ0v) is 16.3. The number of hydrogen-bond acceptors (Lipinski definition) is 4. The van der Waals surface area contributed by atoms with Crippen LogP contribution in [0.25, 0.3) is 0 Å². The molecule has 2 aromatic rings. The number of rotatable bonds is 5. The minimum atomic E-state index is -3.69. The lowest BCUT2D eigenvalue weighted by molar-refractivity contribution is -0.115. The van der Waals surface area contributed by atoms with Gasteiger partial charge in [0.15, 0.2) is 0 Å². The number of nitrogens with two attached hydrogens (primary N) is 1. The summed E-state index contributed by atoms with van der Waals surface area (Å²) in [5.41, 5.74) is 7.54. The summed E-state index contributed by atoms with van der Waals surface area (Å²) in [7, 11) is -3.69. The Morgan fingerprint density at radius 1 is 1.08 bits per heavy atom. The number of carbonyl (C=O) groups is 1. The number of aryl methyl sites for hydroxylation is 1. The monoisotopic (exact) mass is 375 g/mol. The number of hydrogen-bond donors (Lipinski definition) is 3. The number of sulfonamides is 1. The van der Waals surface area contributed by atoms with Crippen molar-refractivity contribution < 1.29 is 13.2 Å². The molecule has 140 valence electrons. The maximum absolute atomic E-state index is 12.6. The Morgan fingerprint density at radius 2 is 1.69 bits per heavy atom. The van der Waals surface area contributed by atoms with E-state index in [1.807, 2.05) is 0 Å². The first-order chi connectivity index (χ1) is 12.0. The Balaban J connectivity index is 2.18. The summed E-state index contributed by atoms with van der Waals surface area (Å²) >= 11 is 0. The van der Waals surface area contributed by atoms with E-state index in [1.54, 1.807) is 64.1 Å². The maximum Gasteiger partial charge on any atom is 0.241 e. The molecular formula is C19H25N3O3S. The summed E-state index contributed by atoms with van der Waals surface area (Å²) in [6.45, 7) is 7.05. The molecule has 0 aromatic heterocycles. The summed E-state index contributed by atoms with van der Waals surface area (Å²) in [5, 5.41) is 2.75. The zero-order valence-electron chi connectivity index (χ0n) is 15.5. The van der Waals surface area contributed by atoms with Crippen molar-refractivity contribution in [3.63, 3.8) is 0 Å². The first-order valence-corrected chi connectivity index (χ1v) is 9.73. The third-order valence-corrected chi connectivity index (χ3v) is 5.45. The van der Waals surface area contributed by atoms with E-state index in [0.717, 1.165) is 5.56 Å². The molecule has 0 radical (unpaired) electrons. The number of anilines is 2. The van der Waals surface area contributed by atoms with Gasteiger partial charge in [0.2, 0.25) is 15.9 Å². The van der Waals surface area contributed by atoms with E-state index in [-0.39, 0.29) is 17.2 Å². The number of benzene rings is 2. The van der Waals surface area contributed by atoms with Crippen molar-refractivity contribution in [1.29, 1.82) is 0 Å². The third-order valence-electron chi connectivity index (χ3n) is 3.55. The zero-order chi connectivity index (χ0) is 19.5. The van der Waals surface area contributed by atoms with Gasteiger partial charge in [0.1, 0.15) is 0 Å². The van der Waals surface area contributed by atoms with Crippen LogP contribution in [0.3, 0.4) is 0 Å². The molecule has 2 rings (SSSR count). The normalized spacial score (nSPS) is 12.0. The van der Waals surface area contributed by atoms with Crippen molar-refractivity contribution >= 4 is 27.3 Å². The van der Waals surface area contributed by atoms with Crippen molar-refractivity contribution in [3.8, 4) is 0 Å². The van der Waals surface area contributed by atoms with E-state index < -0.39 is 15.6 Å². The lowest BCUT2D eigenvalue weighted by atomic mass is 10.1. The van der Waals surface area contributed by atoms with Gasteiger partial charge in [0, 0.05) is 16.9 Å². The molecular weight excluding hydrogens is 350 g/mol. The fourth-order valence-corrected chi connectivity index (χ4v) is 4.14. The first-order valence-electron chi connectivity index (χ1n) is 8.25. The molecule has 0 atom stereocenters. The van der Waals surface area contributed by atoms with Crippen LogP contribution in [0.2, 0.25) is 0 Å². The van der Waals surface area contributed by atoms with Gasteiger partial charge in [-0.25, -0.2) is 13.1 Å². The van der Waals surface area contributed by atoms with Crippen molar-refractivity contribution in [3.05, 3.63) is 53.6 Å². The highest BCUT2D eigenvalue weighted by Crippen LogP contribution is 2.22. The predicted octanol–water partition coefficient (Wildman–Crippen LogP) is 2.84. The van der Waals surface area contributed by atoms with E-state index in [4.69, 9.17) is 5.73 Å². The number of nitrogens with one attached hydrogen (secondary N) is 2. The quantitative estimate of drug-likeness (QED) is 0.699. The number of amides is 1. The fraction of sp³-hybridized carbons (Fsp3) is 0.316. The lowest BCUT2D eigenvalue weighted by Crippen LogP contribution is -2.40. The molecule has 0 spiro atoms. The van der Waals surface area contributed by atoms with Gasteiger partial charge < -0.3 is 11.1 Å². The lowest BCUT2D eigenvalue weighted by Gasteiger charge is -2.21. The van der Waals surface area contributed by atoms with E-state index in [9.17, 15) is 13.2 Å². The molecule has 6 nitrogen and oxygen atoms in total. The average Bonchev–Trinajstić information content (AvgIpc) is 2.49. The Labute approximate surface area is 154 Å². The highest BCUT2D eigenvalue weighted by atomic mass is 32.2.